The Balaban J connectivity index is 0.00000133. The second-order valence-electron chi connectivity index (χ2n) is 9.62. The highest BCUT2D eigenvalue weighted by Crippen LogP contribution is 2.37. The number of piperidine rings is 1. The average Bonchev–Trinajstić information content (AvgIpc) is 3.02. The summed E-state index contributed by atoms with van der Waals surface area (Å²) < 4.78 is 1.05. The van der Waals surface area contributed by atoms with Gasteiger partial charge in [-0.3, -0.25) is 14.7 Å². The second kappa shape index (κ2) is 11.8. The van der Waals surface area contributed by atoms with Crippen molar-refractivity contribution in [3.63, 3.8) is 0 Å². The molecule has 1 aliphatic carbocycles. The molecule has 5 rings (SSSR count). The number of benzene rings is 1. The number of nitrogens with zero attached hydrogens (tertiary/aromatic N) is 3. The molecule has 0 bridgehead atoms. The highest BCUT2D eigenvalue weighted by atomic mass is 79.9. The number of aromatic nitrogens is 1. The van der Waals surface area contributed by atoms with Crippen LogP contribution in [0.2, 0.25) is 0 Å². The minimum atomic E-state index is 0.165. The van der Waals surface area contributed by atoms with Gasteiger partial charge in [-0.05, 0) is 90.3 Å². The first-order valence-electron chi connectivity index (χ1n) is 13.0. The molecule has 0 spiro atoms. The van der Waals surface area contributed by atoms with Gasteiger partial charge in [0, 0.05) is 43.3 Å². The summed E-state index contributed by atoms with van der Waals surface area (Å²) in [7, 11) is 0. The lowest BCUT2D eigenvalue weighted by molar-refractivity contribution is -0.134. The summed E-state index contributed by atoms with van der Waals surface area (Å²) in [4.78, 5) is 22.5. The maximum absolute atomic E-state index is 12.9. The van der Waals surface area contributed by atoms with Crippen LogP contribution in [0.15, 0.2) is 34.9 Å². The first-order valence-corrected chi connectivity index (χ1v) is 13.8. The molecule has 0 saturated carbocycles. The number of nitrogens with one attached hydrogen (secondary N) is 1. The molecule has 1 unspecified atom stereocenters. The Bertz CT molecular complexity index is 927. The van der Waals surface area contributed by atoms with Gasteiger partial charge in [0.25, 0.3) is 0 Å². The van der Waals surface area contributed by atoms with E-state index in [4.69, 9.17) is 4.98 Å². The van der Waals surface area contributed by atoms with Crippen LogP contribution in [0.3, 0.4) is 0 Å². The van der Waals surface area contributed by atoms with E-state index in [9.17, 15) is 4.79 Å². The number of piperazine rings is 1. The minimum Gasteiger partial charge on any atom is -0.340 e. The summed E-state index contributed by atoms with van der Waals surface area (Å²) in [6.07, 6.45) is 6.97. The van der Waals surface area contributed by atoms with Gasteiger partial charge < -0.3 is 10.2 Å². The number of halogens is 1. The van der Waals surface area contributed by atoms with Gasteiger partial charge in [0.1, 0.15) is 0 Å². The van der Waals surface area contributed by atoms with Crippen LogP contribution in [0.4, 0.5) is 0 Å². The van der Waals surface area contributed by atoms with Gasteiger partial charge in [-0.2, -0.15) is 0 Å². The Morgan fingerprint density at radius 3 is 2.50 bits per heavy atom. The van der Waals surface area contributed by atoms with Crippen LogP contribution in [0.25, 0.3) is 0 Å². The zero-order chi connectivity index (χ0) is 24.1. The normalized spacial score (nSPS) is 21.1. The molecular weight excluding hydrogens is 488 g/mol. The molecular formula is C28H39BrN4O. The Kier molecular flexibility index (Phi) is 8.78. The lowest BCUT2D eigenvalue weighted by Crippen LogP contribution is -2.50. The molecule has 184 valence electrons. The summed E-state index contributed by atoms with van der Waals surface area (Å²) in [6, 6.07) is 9.30. The molecule has 2 aromatic rings. The summed E-state index contributed by atoms with van der Waals surface area (Å²) in [6.45, 7) is 11.7. The summed E-state index contributed by atoms with van der Waals surface area (Å²) in [5.41, 5.74) is 6.66. The molecule has 2 fully saturated rings. The molecule has 3 heterocycles. The van der Waals surface area contributed by atoms with Crippen LogP contribution < -0.4 is 5.32 Å². The molecule has 6 heteroatoms. The minimum absolute atomic E-state index is 0.165. The number of carbonyl (C=O) groups is 1. The maximum atomic E-state index is 12.9. The molecule has 1 atom stereocenters. The van der Waals surface area contributed by atoms with Crippen molar-refractivity contribution in [3.05, 3.63) is 62.9 Å². The highest BCUT2D eigenvalue weighted by Gasteiger charge is 2.33. The monoisotopic (exact) mass is 526 g/mol. The van der Waals surface area contributed by atoms with E-state index in [0.29, 0.717) is 18.2 Å². The summed E-state index contributed by atoms with van der Waals surface area (Å²) in [5, 5.41) is 3.40. The van der Waals surface area contributed by atoms with E-state index in [2.05, 4.69) is 62.2 Å². The number of pyridine rings is 1. The summed E-state index contributed by atoms with van der Waals surface area (Å²) >= 11 is 3.62. The fraction of sp³-hybridized carbons (Fsp3) is 0.571. The highest BCUT2D eigenvalue weighted by molar-refractivity contribution is 9.10. The SMILES string of the molecule is CC.Cc1ccc2c(c1)CCc1cc(Br)cnc1C2N1CCN(C(=O)CC2CCNCC2)CC1. The van der Waals surface area contributed by atoms with Crippen LogP contribution in [0, 0.1) is 12.8 Å². The third-order valence-corrected chi connectivity index (χ3v) is 7.87. The smallest absolute Gasteiger partial charge is 0.222 e. The molecule has 3 aliphatic rings. The molecule has 1 aromatic heterocycles. The van der Waals surface area contributed by atoms with E-state index in [1.54, 1.807) is 0 Å². The predicted molar refractivity (Wildman–Crippen MR) is 142 cm³/mol. The Labute approximate surface area is 213 Å². The first-order chi connectivity index (χ1) is 16.6. The van der Waals surface area contributed by atoms with Crippen molar-refractivity contribution in [1.29, 1.82) is 0 Å². The van der Waals surface area contributed by atoms with Gasteiger partial charge in [-0.15, -0.1) is 0 Å². The van der Waals surface area contributed by atoms with E-state index < -0.39 is 0 Å². The third-order valence-electron chi connectivity index (χ3n) is 7.44. The molecule has 1 N–H and O–H groups in total. The van der Waals surface area contributed by atoms with Gasteiger partial charge in [0.15, 0.2) is 0 Å². The Morgan fingerprint density at radius 2 is 1.76 bits per heavy atom. The van der Waals surface area contributed by atoms with Crippen molar-refractivity contribution >= 4 is 21.8 Å². The van der Waals surface area contributed by atoms with Crippen molar-refractivity contribution in [2.24, 2.45) is 5.92 Å². The number of hydrogen-bond donors (Lipinski definition) is 1. The lowest BCUT2D eigenvalue weighted by Gasteiger charge is -2.40. The Hall–Kier alpha value is -1.76. The Morgan fingerprint density at radius 1 is 1.06 bits per heavy atom. The van der Waals surface area contributed by atoms with Crippen LogP contribution >= 0.6 is 15.9 Å². The van der Waals surface area contributed by atoms with E-state index >= 15 is 0 Å². The van der Waals surface area contributed by atoms with Crippen LogP contribution in [0.1, 0.15) is 67.1 Å². The largest absolute Gasteiger partial charge is 0.340 e. The predicted octanol–water partition coefficient (Wildman–Crippen LogP) is 4.90. The zero-order valence-corrected chi connectivity index (χ0v) is 22.5. The number of amides is 1. The van der Waals surface area contributed by atoms with Crippen LogP contribution in [-0.4, -0.2) is 60.0 Å². The molecule has 5 nitrogen and oxygen atoms in total. The maximum Gasteiger partial charge on any atom is 0.222 e. The quantitative estimate of drug-likeness (QED) is 0.617. The van der Waals surface area contributed by atoms with Crippen molar-refractivity contribution in [2.75, 3.05) is 39.3 Å². The van der Waals surface area contributed by atoms with Crippen molar-refractivity contribution in [3.8, 4) is 0 Å². The zero-order valence-electron chi connectivity index (χ0n) is 20.9. The van der Waals surface area contributed by atoms with Crippen molar-refractivity contribution in [2.45, 2.75) is 58.9 Å². The number of rotatable bonds is 3. The van der Waals surface area contributed by atoms with E-state index in [1.165, 1.54) is 27.9 Å². The molecule has 1 aromatic carbocycles. The number of carbonyl (C=O) groups excluding carboxylic acids is 1. The molecule has 34 heavy (non-hydrogen) atoms. The number of fused-ring (bicyclic) bond motifs is 2. The topological polar surface area (TPSA) is 48.5 Å². The summed E-state index contributed by atoms with van der Waals surface area (Å²) in [5.74, 6) is 0.893. The van der Waals surface area contributed by atoms with Gasteiger partial charge in [0.05, 0.1) is 11.7 Å². The molecule has 0 radical (unpaired) electrons. The first kappa shape index (κ1) is 25.3. The average molecular weight is 528 g/mol. The van der Waals surface area contributed by atoms with Crippen molar-refractivity contribution in [1.82, 2.24) is 20.1 Å². The van der Waals surface area contributed by atoms with E-state index in [-0.39, 0.29) is 6.04 Å². The van der Waals surface area contributed by atoms with Gasteiger partial charge in [0.2, 0.25) is 5.91 Å². The second-order valence-corrected chi connectivity index (χ2v) is 10.5. The van der Waals surface area contributed by atoms with Crippen LogP contribution in [-0.2, 0) is 17.6 Å². The third kappa shape index (κ3) is 5.72. The van der Waals surface area contributed by atoms with E-state index in [0.717, 1.165) is 69.4 Å². The van der Waals surface area contributed by atoms with Crippen molar-refractivity contribution < 1.29 is 4.79 Å². The number of aryl methyl sites for hydroxylation is 3. The van der Waals surface area contributed by atoms with Gasteiger partial charge in [-0.25, -0.2) is 0 Å². The van der Waals surface area contributed by atoms with E-state index in [1.807, 2.05) is 20.0 Å². The molecule has 2 saturated heterocycles. The van der Waals surface area contributed by atoms with Gasteiger partial charge in [-0.1, -0.05) is 37.6 Å². The van der Waals surface area contributed by atoms with Gasteiger partial charge >= 0.3 is 0 Å². The molecule has 2 aliphatic heterocycles. The standard InChI is InChI=1S/C26H33BrN4O.C2H6/c1-18-2-5-23-20(14-18)3-4-21-16-22(27)17-29-25(21)26(23)31-12-10-30(11-13-31)24(32)15-19-6-8-28-9-7-19;1-2/h2,5,14,16-17,19,26,28H,3-4,6-13,15H2,1H3;1-2H3. The molecule has 1 amide bonds. The fourth-order valence-corrected chi connectivity index (χ4v) is 6.01. The fourth-order valence-electron chi connectivity index (χ4n) is 5.63. The lowest BCUT2D eigenvalue weighted by atomic mass is 9.93. The van der Waals surface area contributed by atoms with Crippen LogP contribution in [0.5, 0.6) is 0 Å². The number of hydrogen-bond acceptors (Lipinski definition) is 4.